The van der Waals surface area contributed by atoms with Gasteiger partial charge in [0.25, 0.3) is 0 Å². The number of nitrogens with zero attached hydrogens (tertiary/aromatic N) is 3. The summed E-state index contributed by atoms with van der Waals surface area (Å²) >= 11 is 0. The van der Waals surface area contributed by atoms with E-state index in [4.69, 9.17) is 4.74 Å². The Bertz CT molecular complexity index is 1050. The molecule has 2 heterocycles. The second-order valence-corrected chi connectivity index (χ2v) is 7.94. The summed E-state index contributed by atoms with van der Waals surface area (Å²) in [6.07, 6.45) is -1.19. The Morgan fingerprint density at radius 2 is 1.84 bits per heavy atom. The number of rotatable bonds is 6. The quantitative estimate of drug-likeness (QED) is 0.622. The highest BCUT2D eigenvalue weighted by atomic mass is 16.6. The maximum Gasteiger partial charge on any atom is 0.410 e. The monoisotopic (exact) mass is 434 g/mol. The summed E-state index contributed by atoms with van der Waals surface area (Å²) in [5.74, 6) is -0.255. The first kappa shape index (κ1) is 21.6. The number of hydrogen-bond acceptors (Lipinski definition) is 5. The van der Waals surface area contributed by atoms with Crippen molar-refractivity contribution in [1.82, 2.24) is 20.0 Å². The number of amides is 2. The zero-order valence-electron chi connectivity index (χ0n) is 17.8. The van der Waals surface area contributed by atoms with Crippen molar-refractivity contribution in [1.29, 1.82) is 0 Å². The van der Waals surface area contributed by atoms with Crippen molar-refractivity contribution in [3.63, 3.8) is 0 Å². The molecular formula is C24H26N4O4. The van der Waals surface area contributed by atoms with Gasteiger partial charge in [-0.1, -0.05) is 60.7 Å². The van der Waals surface area contributed by atoms with E-state index < -0.39 is 18.2 Å². The number of aliphatic hydroxyl groups is 1. The van der Waals surface area contributed by atoms with Crippen molar-refractivity contribution in [2.24, 2.45) is 0 Å². The predicted molar refractivity (Wildman–Crippen MR) is 118 cm³/mol. The average Bonchev–Trinajstić information content (AvgIpc) is 3.45. The molecular weight excluding hydrogens is 408 g/mol. The number of carbonyl (C=O) groups is 2. The van der Waals surface area contributed by atoms with Gasteiger partial charge in [0.2, 0.25) is 5.91 Å². The third-order valence-corrected chi connectivity index (χ3v) is 5.49. The first-order valence-corrected chi connectivity index (χ1v) is 10.5. The second-order valence-electron chi connectivity index (χ2n) is 7.94. The number of likely N-dealkylation sites (tertiary alicyclic amines) is 1. The van der Waals surface area contributed by atoms with Crippen molar-refractivity contribution in [3.8, 4) is 11.3 Å². The van der Waals surface area contributed by atoms with Crippen LogP contribution in [0.2, 0.25) is 0 Å². The zero-order valence-corrected chi connectivity index (χ0v) is 17.8. The van der Waals surface area contributed by atoms with Gasteiger partial charge in [0.1, 0.15) is 12.6 Å². The van der Waals surface area contributed by atoms with Gasteiger partial charge in [-0.05, 0) is 11.6 Å². The van der Waals surface area contributed by atoms with E-state index in [0.717, 1.165) is 22.5 Å². The minimum Gasteiger partial charge on any atom is -0.445 e. The Labute approximate surface area is 186 Å². The van der Waals surface area contributed by atoms with Gasteiger partial charge >= 0.3 is 6.09 Å². The van der Waals surface area contributed by atoms with E-state index in [1.54, 1.807) is 7.05 Å². The lowest BCUT2D eigenvalue weighted by Gasteiger charge is -2.27. The maximum absolute atomic E-state index is 13.1. The molecule has 0 saturated carbocycles. The molecule has 1 fully saturated rings. The van der Waals surface area contributed by atoms with Gasteiger partial charge in [0.05, 0.1) is 30.6 Å². The lowest BCUT2D eigenvalue weighted by atomic mass is 10.1. The Kier molecular flexibility index (Phi) is 6.51. The first-order chi connectivity index (χ1) is 15.5. The van der Waals surface area contributed by atoms with E-state index in [2.05, 4.69) is 10.2 Å². The van der Waals surface area contributed by atoms with E-state index in [-0.39, 0.29) is 25.5 Å². The van der Waals surface area contributed by atoms with Gasteiger partial charge in [-0.25, -0.2) is 4.79 Å². The van der Waals surface area contributed by atoms with Crippen LogP contribution in [0.4, 0.5) is 4.79 Å². The highest BCUT2D eigenvalue weighted by molar-refractivity contribution is 5.86. The van der Waals surface area contributed by atoms with Crippen molar-refractivity contribution in [3.05, 3.63) is 78.0 Å². The van der Waals surface area contributed by atoms with Gasteiger partial charge in [0.15, 0.2) is 0 Å². The molecule has 0 spiro atoms. The van der Waals surface area contributed by atoms with E-state index >= 15 is 0 Å². The van der Waals surface area contributed by atoms with E-state index in [9.17, 15) is 14.7 Å². The Morgan fingerprint density at radius 3 is 2.56 bits per heavy atom. The number of H-pyrrole nitrogens is 1. The molecule has 3 aromatic rings. The number of β-amino-alcohol motifs (C(OH)–C–C–N with tert-alkyl or cyclic N) is 1. The molecule has 2 atom stereocenters. The van der Waals surface area contributed by atoms with E-state index in [1.807, 2.05) is 66.7 Å². The molecule has 2 N–H and O–H groups in total. The number of hydrogen-bond donors (Lipinski definition) is 2. The van der Waals surface area contributed by atoms with Crippen molar-refractivity contribution >= 4 is 12.0 Å². The summed E-state index contributed by atoms with van der Waals surface area (Å²) in [4.78, 5) is 28.6. The molecule has 166 valence electrons. The largest absolute Gasteiger partial charge is 0.445 e. The smallest absolute Gasteiger partial charge is 0.410 e. The molecule has 1 aromatic heterocycles. The van der Waals surface area contributed by atoms with Crippen LogP contribution in [-0.2, 0) is 22.7 Å². The summed E-state index contributed by atoms with van der Waals surface area (Å²) in [6, 6.07) is 20.2. The van der Waals surface area contributed by atoms with Gasteiger partial charge in [-0.3, -0.25) is 14.8 Å². The minimum atomic E-state index is -0.769. The van der Waals surface area contributed by atoms with E-state index in [0.29, 0.717) is 6.54 Å². The normalized spacial score (nSPS) is 17.9. The molecule has 0 bridgehead atoms. The highest BCUT2D eigenvalue weighted by Crippen LogP contribution is 2.23. The zero-order chi connectivity index (χ0) is 22.5. The molecule has 2 aromatic carbocycles. The lowest BCUT2D eigenvalue weighted by Crippen LogP contribution is -2.46. The molecule has 1 aliphatic heterocycles. The minimum absolute atomic E-state index is 0.0695. The molecule has 32 heavy (non-hydrogen) atoms. The third-order valence-electron chi connectivity index (χ3n) is 5.49. The van der Waals surface area contributed by atoms with E-state index in [1.165, 1.54) is 9.80 Å². The fraction of sp³-hybridized carbons (Fsp3) is 0.292. The van der Waals surface area contributed by atoms with Crippen LogP contribution >= 0.6 is 0 Å². The Hall–Kier alpha value is -3.65. The third kappa shape index (κ3) is 4.97. The van der Waals surface area contributed by atoms with Crippen molar-refractivity contribution < 1.29 is 19.4 Å². The average molecular weight is 434 g/mol. The number of benzene rings is 2. The van der Waals surface area contributed by atoms with Crippen molar-refractivity contribution in [2.45, 2.75) is 31.7 Å². The Morgan fingerprint density at radius 1 is 1.16 bits per heavy atom. The summed E-state index contributed by atoms with van der Waals surface area (Å²) in [7, 11) is 1.67. The van der Waals surface area contributed by atoms with Crippen LogP contribution in [0.1, 0.15) is 17.7 Å². The molecule has 1 aliphatic rings. The predicted octanol–water partition coefficient (Wildman–Crippen LogP) is 2.81. The summed E-state index contributed by atoms with van der Waals surface area (Å²) in [6.45, 7) is 0.484. The molecule has 1 saturated heterocycles. The summed E-state index contributed by atoms with van der Waals surface area (Å²) < 4.78 is 5.38. The lowest BCUT2D eigenvalue weighted by molar-refractivity contribution is -0.134. The van der Waals surface area contributed by atoms with Crippen LogP contribution < -0.4 is 0 Å². The number of carbonyl (C=O) groups excluding carboxylic acids is 2. The fourth-order valence-corrected chi connectivity index (χ4v) is 3.84. The topological polar surface area (TPSA) is 98.8 Å². The van der Waals surface area contributed by atoms with Gasteiger partial charge in [0, 0.05) is 19.0 Å². The molecule has 4 rings (SSSR count). The molecule has 0 aliphatic carbocycles. The highest BCUT2D eigenvalue weighted by Gasteiger charge is 2.41. The number of aromatic amines is 1. The van der Waals surface area contributed by atoms with Crippen LogP contribution in [0.5, 0.6) is 0 Å². The van der Waals surface area contributed by atoms with Crippen LogP contribution in [-0.4, -0.2) is 62.8 Å². The summed E-state index contributed by atoms with van der Waals surface area (Å²) in [5, 5.41) is 17.4. The van der Waals surface area contributed by atoms with Crippen LogP contribution in [0.3, 0.4) is 0 Å². The number of aromatic nitrogens is 2. The SMILES string of the molecule is CN(Cc1cc(-c2ccccc2)n[nH]1)C(=O)[C@@H]1C[C@@H](O)CN1C(=O)OCc1ccccc1. The van der Waals surface area contributed by atoms with Gasteiger partial charge < -0.3 is 14.7 Å². The number of likely N-dealkylation sites (N-methyl/N-ethyl adjacent to an activating group) is 1. The first-order valence-electron chi connectivity index (χ1n) is 10.5. The number of aliphatic hydroxyl groups excluding tert-OH is 1. The van der Waals surface area contributed by atoms with Crippen molar-refractivity contribution in [2.75, 3.05) is 13.6 Å². The number of ether oxygens (including phenoxy) is 1. The molecule has 0 radical (unpaired) electrons. The summed E-state index contributed by atoms with van der Waals surface area (Å²) in [5.41, 5.74) is 3.41. The molecule has 8 nitrogen and oxygen atoms in total. The molecule has 0 unspecified atom stereocenters. The maximum atomic E-state index is 13.1. The van der Waals surface area contributed by atoms with Crippen LogP contribution in [0, 0.1) is 0 Å². The fourth-order valence-electron chi connectivity index (χ4n) is 3.84. The van der Waals surface area contributed by atoms with Gasteiger partial charge in [-0.2, -0.15) is 5.10 Å². The second kappa shape index (κ2) is 9.65. The molecule has 8 heteroatoms. The number of nitrogens with one attached hydrogen (secondary N) is 1. The Balaban J connectivity index is 1.38. The van der Waals surface area contributed by atoms with Crippen LogP contribution in [0.15, 0.2) is 66.7 Å². The molecule has 2 amide bonds. The standard InChI is InChI=1S/C24H26N4O4/c1-27(14-19-12-21(26-25-19)18-10-6-3-7-11-18)23(30)22-13-20(29)15-28(22)24(31)32-16-17-8-4-2-5-9-17/h2-12,20,22,29H,13-16H2,1H3,(H,25,26)/t20-,22+/m1/s1. The van der Waals surface area contributed by atoms with Crippen LogP contribution in [0.25, 0.3) is 11.3 Å². The van der Waals surface area contributed by atoms with Gasteiger partial charge in [-0.15, -0.1) is 0 Å².